The molecule has 2 atom stereocenters. The van der Waals surface area contributed by atoms with Gasteiger partial charge in [-0.1, -0.05) is 20.8 Å². The third kappa shape index (κ3) is 3.11. The maximum Gasteiger partial charge on any atom is 0.129 e. The van der Waals surface area contributed by atoms with Crippen LogP contribution in [0.15, 0.2) is 0 Å². The van der Waals surface area contributed by atoms with Gasteiger partial charge in [0.25, 0.3) is 0 Å². The maximum absolute atomic E-state index is 10.9. The Labute approximate surface area is 88.3 Å². The zero-order chi connectivity index (χ0) is 10.7. The highest BCUT2D eigenvalue weighted by atomic mass is 16.1. The molecule has 0 aromatic carbocycles. The molecule has 0 aliphatic heterocycles. The van der Waals surface area contributed by atoms with Crippen LogP contribution in [0.4, 0.5) is 0 Å². The zero-order valence-corrected chi connectivity index (χ0v) is 10.0. The van der Waals surface area contributed by atoms with E-state index in [1.165, 1.54) is 12.8 Å². The molecule has 1 rings (SSSR count). The number of hydrogen-bond donors (Lipinski definition) is 0. The van der Waals surface area contributed by atoms with Crippen molar-refractivity contribution in [3.8, 4) is 0 Å². The van der Waals surface area contributed by atoms with Crippen molar-refractivity contribution >= 4 is 5.78 Å². The molecule has 0 bridgehead atoms. The molecule has 1 saturated carbocycles. The Morgan fingerprint density at radius 2 is 1.64 bits per heavy atom. The van der Waals surface area contributed by atoms with Crippen LogP contribution in [0.2, 0.25) is 0 Å². The third-order valence-corrected chi connectivity index (χ3v) is 4.11. The Bertz CT molecular complexity index is 185. The summed E-state index contributed by atoms with van der Waals surface area (Å²) in [5.74, 6) is 3.71. The summed E-state index contributed by atoms with van der Waals surface area (Å²) in [5.41, 5.74) is 0. The van der Waals surface area contributed by atoms with Crippen LogP contribution in [0.3, 0.4) is 0 Å². The highest BCUT2D eigenvalue weighted by molar-refractivity contribution is 5.75. The third-order valence-electron chi connectivity index (χ3n) is 4.11. The fraction of sp³-hybridized carbons (Fsp3) is 0.923. The lowest BCUT2D eigenvalue weighted by atomic mass is 9.69. The van der Waals surface area contributed by atoms with Crippen molar-refractivity contribution in [2.24, 2.45) is 23.7 Å². The standard InChI is InChI=1S/C13H24O/c1-9-7-13(6-5-11(3)14)8-10(2)12(9)4/h9-10,12-13H,5-8H2,1-4H3. The smallest absolute Gasteiger partial charge is 0.129 e. The summed E-state index contributed by atoms with van der Waals surface area (Å²) in [7, 11) is 0. The Morgan fingerprint density at radius 3 is 2.07 bits per heavy atom. The number of hydrogen-bond acceptors (Lipinski definition) is 1. The van der Waals surface area contributed by atoms with Gasteiger partial charge in [0, 0.05) is 6.42 Å². The van der Waals surface area contributed by atoms with Gasteiger partial charge in [-0.05, 0) is 49.9 Å². The highest BCUT2D eigenvalue weighted by Gasteiger charge is 2.29. The Morgan fingerprint density at radius 1 is 1.14 bits per heavy atom. The van der Waals surface area contributed by atoms with Crippen molar-refractivity contribution in [3.63, 3.8) is 0 Å². The molecule has 14 heavy (non-hydrogen) atoms. The number of carbonyl (C=O) groups excluding carboxylic acids is 1. The van der Waals surface area contributed by atoms with E-state index >= 15 is 0 Å². The van der Waals surface area contributed by atoms with E-state index in [2.05, 4.69) is 20.8 Å². The van der Waals surface area contributed by atoms with Crippen LogP contribution in [0.5, 0.6) is 0 Å². The second kappa shape index (κ2) is 4.95. The van der Waals surface area contributed by atoms with E-state index in [4.69, 9.17) is 0 Å². The van der Waals surface area contributed by atoms with E-state index in [1.807, 2.05) is 0 Å². The molecular weight excluding hydrogens is 172 g/mol. The van der Waals surface area contributed by atoms with E-state index in [0.29, 0.717) is 5.78 Å². The fourth-order valence-electron chi connectivity index (χ4n) is 2.78. The normalized spacial score (nSPS) is 38.3. The second-order valence-corrected chi connectivity index (χ2v) is 5.39. The van der Waals surface area contributed by atoms with Gasteiger partial charge in [-0.25, -0.2) is 0 Å². The van der Waals surface area contributed by atoms with Gasteiger partial charge in [-0.3, -0.25) is 0 Å². The molecule has 1 aliphatic rings. The lowest BCUT2D eigenvalue weighted by Gasteiger charge is -2.37. The molecule has 0 radical (unpaired) electrons. The summed E-state index contributed by atoms with van der Waals surface area (Å²) < 4.78 is 0. The van der Waals surface area contributed by atoms with E-state index in [1.54, 1.807) is 6.92 Å². The second-order valence-electron chi connectivity index (χ2n) is 5.39. The minimum atomic E-state index is 0.351. The van der Waals surface area contributed by atoms with Crippen LogP contribution >= 0.6 is 0 Å². The predicted molar refractivity (Wildman–Crippen MR) is 60.1 cm³/mol. The van der Waals surface area contributed by atoms with E-state index in [0.717, 1.165) is 36.5 Å². The summed E-state index contributed by atoms with van der Waals surface area (Å²) >= 11 is 0. The lowest BCUT2D eigenvalue weighted by molar-refractivity contribution is -0.117. The first-order chi connectivity index (χ1) is 6.50. The fourth-order valence-corrected chi connectivity index (χ4v) is 2.78. The summed E-state index contributed by atoms with van der Waals surface area (Å²) in [6, 6.07) is 0. The minimum absolute atomic E-state index is 0.351. The van der Waals surface area contributed by atoms with Crippen molar-refractivity contribution in [3.05, 3.63) is 0 Å². The Hall–Kier alpha value is -0.330. The predicted octanol–water partition coefficient (Wildman–Crippen LogP) is 3.67. The molecule has 2 unspecified atom stereocenters. The SMILES string of the molecule is CC(=O)CCC1CC(C)C(C)C(C)C1. The average Bonchev–Trinajstić information content (AvgIpc) is 2.10. The molecule has 82 valence electrons. The van der Waals surface area contributed by atoms with Gasteiger partial charge in [0.1, 0.15) is 5.78 Å². The summed E-state index contributed by atoms with van der Waals surface area (Å²) in [4.78, 5) is 10.9. The van der Waals surface area contributed by atoms with Gasteiger partial charge in [0.15, 0.2) is 0 Å². The Balaban J connectivity index is 2.38. The molecule has 0 spiro atoms. The summed E-state index contributed by atoms with van der Waals surface area (Å²) in [6.07, 6.45) is 4.58. The van der Waals surface area contributed by atoms with Gasteiger partial charge in [-0.15, -0.1) is 0 Å². The summed E-state index contributed by atoms with van der Waals surface area (Å²) in [5, 5.41) is 0. The van der Waals surface area contributed by atoms with Crippen molar-refractivity contribution < 1.29 is 4.79 Å². The number of ketones is 1. The first-order valence-electron chi connectivity index (χ1n) is 6.00. The monoisotopic (exact) mass is 196 g/mol. The molecule has 0 saturated heterocycles. The van der Waals surface area contributed by atoms with Gasteiger partial charge < -0.3 is 4.79 Å². The molecule has 1 aliphatic carbocycles. The molecule has 0 aromatic rings. The first-order valence-corrected chi connectivity index (χ1v) is 6.00. The maximum atomic E-state index is 10.9. The molecule has 0 amide bonds. The average molecular weight is 196 g/mol. The molecule has 0 aromatic heterocycles. The van der Waals surface area contributed by atoms with Crippen LogP contribution in [-0.2, 0) is 4.79 Å². The van der Waals surface area contributed by atoms with Crippen molar-refractivity contribution in [2.75, 3.05) is 0 Å². The quantitative estimate of drug-likeness (QED) is 0.673. The number of rotatable bonds is 3. The zero-order valence-electron chi connectivity index (χ0n) is 10.0. The molecular formula is C13H24O. The van der Waals surface area contributed by atoms with Crippen molar-refractivity contribution in [1.82, 2.24) is 0 Å². The topological polar surface area (TPSA) is 17.1 Å². The molecule has 1 fully saturated rings. The summed E-state index contributed by atoms with van der Waals surface area (Å²) in [6.45, 7) is 8.80. The highest BCUT2D eigenvalue weighted by Crippen LogP contribution is 2.39. The number of carbonyl (C=O) groups is 1. The van der Waals surface area contributed by atoms with Crippen LogP contribution in [-0.4, -0.2) is 5.78 Å². The van der Waals surface area contributed by atoms with Crippen molar-refractivity contribution in [2.45, 2.75) is 53.4 Å². The van der Waals surface area contributed by atoms with Gasteiger partial charge in [0.2, 0.25) is 0 Å². The van der Waals surface area contributed by atoms with Crippen LogP contribution in [0.25, 0.3) is 0 Å². The van der Waals surface area contributed by atoms with E-state index < -0.39 is 0 Å². The minimum Gasteiger partial charge on any atom is -0.300 e. The molecule has 0 N–H and O–H groups in total. The molecule has 1 nitrogen and oxygen atoms in total. The van der Waals surface area contributed by atoms with Crippen molar-refractivity contribution in [1.29, 1.82) is 0 Å². The van der Waals surface area contributed by atoms with Crippen LogP contribution in [0.1, 0.15) is 53.4 Å². The number of Topliss-reactive ketones (excluding diaryl/α,β-unsaturated/α-hetero) is 1. The largest absolute Gasteiger partial charge is 0.300 e. The van der Waals surface area contributed by atoms with E-state index in [9.17, 15) is 4.79 Å². The molecule has 0 heterocycles. The van der Waals surface area contributed by atoms with E-state index in [-0.39, 0.29) is 0 Å². The van der Waals surface area contributed by atoms with Gasteiger partial charge >= 0.3 is 0 Å². The Kier molecular flexibility index (Phi) is 4.15. The van der Waals surface area contributed by atoms with Gasteiger partial charge in [-0.2, -0.15) is 0 Å². The molecule has 1 heteroatoms. The lowest BCUT2D eigenvalue weighted by Crippen LogP contribution is -2.28. The van der Waals surface area contributed by atoms with Crippen LogP contribution in [0, 0.1) is 23.7 Å². The van der Waals surface area contributed by atoms with Crippen LogP contribution < -0.4 is 0 Å². The van der Waals surface area contributed by atoms with Gasteiger partial charge in [0.05, 0.1) is 0 Å². The first kappa shape index (κ1) is 11.7.